The molecule has 2 heterocycles. The third-order valence-corrected chi connectivity index (χ3v) is 4.27. The van der Waals surface area contributed by atoms with Gasteiger partial charge in [-0.3, -0.25) is 9.69 Å². The largest absolute Gasteiger partial charge is 0.468 e. The number of nitrogens with zero attached hydrogens (tertiary/aromatic N) is 1. The van der Waals surface area contributed by atoms with Gasteiger partial charge in [0.25, 0.3) is 0 Å². The van der Waals surface area contributed by atoms with Crippen molar-refractivity contribution in [2.75, 3.05) is 7.05 Å². The van der Waals surface area contributed by atoms with Crippen LogP contribution in [0.1, 0.15) is 30.2 Å². The summed E-state index contributed by atoms with van der Waals surface area (Å²) in [5.41, 5.74) is 2.45. The van der Waals surface area contributed by atoms with Crippen LogP contribution in [0.15, 0.2) is 47.1 Å². The quantitative estimate of drug-likeness (QED) is 0.792. The number of esters is 1. The van der Waals surface area contributed by atoms with Gasteiger partial charge in [-0.15, -0.1) is 0 Å². The predicted molar refractivity (Wildman–Crippen MR) is 91.1 cm³/mol. The smallest absolute Gasteiger partial charge is 0.323 e. The number of rotatable bonds is 7. The lowest BCUT2D eigenvalue weighted by molar-refractivity contribution is -0.142. The molecule has 0 unspecified atom stereocenters. The monoisotopic (exact) mass is 328 g/mol. The normalized spacial score (nSPS) is 20.5. The summed E-state index contributed by atoms with van der Waals surface area (Å²) < 4.78 is 10.6. The van der Waals surface area contributed by atoms with Crippen molar-refractivity contribution in [2.45, 2.75) is 45.1 Å². The van der Waals surface area contributed by atoms with Crippen LogP contribution in [0.4, 0.5) is 0 Å². The minimum atomic E-state index is -0.200. The molecule has 0 bridgehead atoms. The molecule has 0 spiro atoms. The van der Waals surface area contributed by atoms with Gasteiger partial charge in [0.1, 0.15) is 17.9 Å². The van der Waals surface area contributed by atoms with Crippen molar-refractivity contribution >= 4 is 5.97 Å². The molecule has 1 N–H and O–H groups in total. The van der Waals surface area contributed by atoms with E-state index in [4.69, 9.17) is 9.15 Å². The summed E-state index contributed by atoms with van der Waals surface area (Å²) >= 11 is 0. The van der Waals surface area contributed by atoms with Crippen molar-refractivity contribution in [3.63, 3.8) is 0 Å². The Kier molecular flexibility index (Phi) is 5.33. The molecule has 1 aromatic carbocycles. The van der Waals surface area contributed by atoms with Crippen LogP contribution >= 0.6 is 0 Å². The summed E-state index contributed by atoms with van der Waals surface area (Å²) in [6, 6.07) is 12.0. The van der Waals surface area contributed by atoms with Gasteiger partial charge in [0.05, 0.1) is 12.8 Å². The van der Waals surface area contributed by atoms with Crippen LogP contribution in [0.3, 0.4) is 0 Å². The molecule has 1 aliphatic rings. The molecular formula is C19H24N2O3. The van der Waals surface area contributed by atoms with Crippen LogP contribution in [-0.2, 0) is 29.2 Å². The number of carbonyl (C=O) groups excluding carboxylic acids is 1. The van der Waals surface area contributed by atoms with Crippen molar-refractivity contribution in [1.82, 2.24) is 10.2 Å². The van der Waals surface area contributed by atoms with E-state index in [1.165, 1.54) is 11.1 Å². The molecule has 0 radical (unpaired) electrons. The van der Waals surface area contributed by atoms with Gasteiger partial charge >= 0.3 is 5.97 Å². The topological polar surface area (TPSA) is 54.7 Å². The molecule has 2 atom stereocenters. The second-order valence-corrected chi connectivity index (χ2v) is 6.44. The number of ether oxygens (including phenoxy) is 1. The van der Waals surface area contributed by atoms with E-state index in [2.05, 4.69) is 29.4 Å². The highest BCUT2D eigenvalue weighted by atomic mass is 16.6. The van der Waals surface area contributed by atoms with E-state index in [1.807, 2.05) is 31.2 Å². The van der Waals surface area contributed by atoms with Crippen molar-refractivity contribution in [1.29, 1.82) is 0 Å². The molecule has 5 nitrogen and oxygen atoms in total. The van der Waals surface area contributed by atoms with E-state index < -0.39 is 0 Å². The molecule has 5 heteroatoms. The number of furan rings is 1. The average molecular weight is 328 g/mol. The lowest BCUT2D eigenvalue weighted by atomic mass is 10.1. The molecule has 1 fully saturated rings. The third-order valence-electron chi connectivity index (χ3n) is 4.27. The van der Waals surface area contributed by atoms with Gasteiger partial charge < -0.3 is 14.5 Å². The van der Waals surface area contributed by atoms with E-state index in [0.29, 0.717) is 6.54 Å². The van der Waals surface area contributed by atoms with Gasteiger partial charge in [-0.1, -0.05) is 24.3 Å². The zero-order chi connectivity index (χ0) is 16.9. The maximum absolute atomic E-state index is 11.7. The van der Waals surface area contributed by atoms with Crippen LogP contribution < -0.4 is 5.32 Å². The minimum absolute atomic E-state index is 0.00433. The van der Waals surface area contributed by atoms with Crippen LogP contribution in [0.5, 0.6) is 0 Å². The number of nitrogens with one attached hydrogen (secondary N) is 1. The molecule has 0 aliphatic carbocycles. The highest BCUT2D eigenvalue weighted by Crippen LogP contribution is 2.17. The molecule has 24 heavy (non-hydrogen) atoms. The Hall–Kier alpha value is -2.11. The molecule has 0 saturated carbocycles. The second-order valence-electron chi connectivity index (χ2n) is 6.44. The van der Waals surface area contributed by atoms with E-state index in [0.717, 1.165) is 25.3 Å². The van der Waals surface area contributed by atoms with E-state index in [-0.39, 0.29) is 18.1 Å². The van der Waals surface area contributed by atoms with Crippen LogP contribution in [-0.4, -0.2) is 30.1 Å². The Bertz CT molecular complexity index is 669. The standard InChI is InChI=1S/C19H24N2O3/c1-14-10-18(19(22)24-14)20-11-15-6-3-4-7-16(15)12-21(2)13-17-8-5-9-23-17/h3-9,14,18,20H,10-13H2,1-2H3/t14-,18+/m1/s1. The number of carbonyl (C=O) groups is 1. The SMILES string of the molecule is C[C@@H]1C[C@H](NCc2ccccc2CN(C)Cc2ccco2)C(=O)O1. The first-order valence-electron chi connectivity index (χ1n) is 8.33. The number of cyclic esters (lactones) is 1. The number of hydrogen-bond acceptors (Lipinski definition) is 5. The highest BCUT2D eigenvalue weighted by molar-refractivity contribution is 5.77. The van der Waals surface area contributed by atoms with Gasteiger partial charge in [0, 0.05) is 19.5 Å². The molecule has 2 aromatic rings. The molecule has 128 valence electrons. The minimum Gasteiger partial charge on any atom is -0.468 e. The summed E-state index contributed by atoms with van der Waals surface area (Å²) in [7, 11) is 2.07. The number of benzene rings is 1. The highest BCUT2D eigenvalue weighted by Gasteiger charge is 2.31. The molecule has 1 aliphatic heterocycles. The zero-order valence-corrected chi connectivity index (χ0v) is 14.2. The predicted octanol–water partition coefficient (Wildman–Crippen LogP) is 2.71. The fourth-order valence-electron chi connectivity index (χ4n) is 3.06. The first-order valence-corrected chi connectivity index (χ1v) is 8.33. The lowest BCUT2D eigenvalue weighted by Gasteiger charge is -2.18. The maximum Gasteiger partial charge on any atom is 0.323 e. The Labute approximate surface area is 142 Å². The third kappa shape index (κ3) is 4.24. The molecule has 3 rings (SSSR count). The van der Waals surface area contributed by atoms with Gasteiger partial charge in [0.2, 0.25) is 0 Å². The van der Waals surface area contributed by atoms with E-state index >= 15 is 0 Å². The van der Waals surface area contributed by atoms with Gasteiger partial charge in [0.15, 0.2) is 0 Å². The summed E-state index contributed by atoms with van der Waals surface area (Å²) in [4.78, 5) is 14.0. The Balaban J connectivity index is 1.59. The van der Waals surface area contributed by atoms with E-state index in [1.54, 1.807) is 6.26 Å². The Morgan fingerprint density at radius 3 is 2.62 bits per heavy atom. The Morgan fingerprint density at radius 1 is 1.17 bits per heavy atom. The summed E-state index contributed by atoms with van der Waals surface area (Å²) in [6.07, 6.45) is 2.44. The summed E-state index contributed by atoms with van der Waals surface area (Å²) in [5, 5.41) is 3.33. The second kappa shape index (κ2) is 7.64. The zero-order valence-electron chi connectivity index (χ0n) is 14.2. The van der Waals surface area contributed by atoms with E-state index in [9.17, 15) is 4.79 Å². The Morgan fingerprint density at radius 2 is 1.96 bits per heavy atom. The molecule has 0 amide bonds. The fraction of sp³-hybridized carbons (Fsp3) is 0.421. The van der Waals surface area contributed by atoms with Crippen molar-refractivity contribution < 1.29 is 13.9 Å². The lowest BCUT2D eigenvalue weighted by Crippen LogP contribution is -2.33. The van der Waals surface area contributed by atoms with Crippen molar-refractivity contribution in [3.8, 4) is 0 Å². The molecular weight excluding hydrogens is 304 g/mol. The summed E-state index contributed by atoms with van der Waals surface area (Å²) in [5.74, 6) is 0.811. The molecule has 1 aromatic heterocycles. The fourth-order valence-corrected chi connectivity index (χ4v) is 3.06. The molecule has 1 saturated heterocycles. The summed E-state index contributed by atoms with van der Waals surface area (Å²) in [6.45, 7) is 4.18. The average Bonchev–Trinajstić information content (AvgIpc) is 3.16. The van der Waals surface area contributed by atoms with Gasteiger partial charge in [-0.25, -0.2) is 0 Å². The first kappa shape index (κ1) is 16.7. The van der Waals surface area contributed by atoms with Gasteiger partial charge in [-0.2, -0.15) is 0 Å². The van der Waals surface area contributed by atoms with Crippen molar-refractivity contribution in [3.05, 3.63) is 59.5 Å². The van der Waals surface area contributed by atoms with Crippen molar-refractivity contribution in [2.24, 2.45) is 0 Å². The van der Waals surface area contributed by atoms with Crippen LogP contribution in [0.2, 0.25) is 0 Å². The van der Waals surface area contributed by atoms with Crippen LogP contribution in [0, 0.1) is 0 Å². The number of hydrogen-bond donors (Lipinski definition) is 1. The maximum atomic E-state index is 11.7. The van der Waals surface area contributed by atoms with Crippen LogP contribution in [0.25, 0.3) is 0 Å². The first-order chi connectivity index (χ1) is 11.6. The van der Waals surface area contributed by atoms with Gasteiger partial charge in [-0.05, 0) is 37.2 Å².